The summed E-state index contributed by atoms with van der Waals surface area (Å²) in [4.78, 5) is 72.7. The van der Waals surface area contributed by atoms with Crippen LogP contribution < -0.4 is 0 Å². The molecular weight excluding hydrogens is 1290 g/mol. The van der Waals surface area contributed by atoms with E-state index in [1.54, 1.807) is 0 Å². The summed E-state index contributed by atoms with van der Waals surface area (Å²) in [5, 5.41) is 10.6. The Bertz CT molecular complexity index is 1910. The number of esters is 4. The Hall–Kier alpha value is -1.94. The lowest BCUT2D eigenvalue weighted by Gasteiger charge is -2.21. The second-order valence-electron chi connectivity index (χ2n) is 29.8. The maximum Gasteiger partial charge on any atom is 0.472 e. The summed E-state index contributed by atoms with van der Waals surface area (Å²) >= 11 is 0. The summed E-state index contributed by atoms with van der Waals surface area (Å²) in [5.41, 5.74) is 0. The first kappa shape index (κ1) is 97.1. The van der Waals surface area contributed by atoms with Gasteiger partial charge in [-0.3, -0.25) is 37.3 Å². The summed E-state index contributed by atoms with van der Waals surface area (Å²) in [6, 6.07) is 0. The topological polar surface area (TPSA) is 237 Å². The van der Waals surface area contributed by atoms with Crippen molar-refractivity contribution in [3.8, 4) is 0 Å². The highest BCUT2D eigenvalue weighted by atomic mass is 31.2. The van der Waals surface area contributed by atoms with Gasteiger partial charge >= 0.3 is 39.5 Å². The zero-order valence-corrected chi connectivity index (χ0v) is 66.6. The van der Waals surface area contributed by atoms with Crippen LogP contribution in [0.3, 0.4) is 0 Å². The van der Waals surface area contributed by atoms with Gasteiger partial charge in [-0.25, -0.2) is 9.13 Å². The monoisotopic (exact) mass is 1450 g/mol. The predicted molar refractivity (Wildman–Crippen MR) is 405 cm³/mol. The van der Waals surface area contributed by atoms with Crippen LogP contribution in [0, 0.1) is 11.8 Å². The molecule has 0 aliphatic rings. The van der Waals surface area contributed by atoms with E-state index in [1.165, 1.54) is 231 Å². The smallest absolute Gasteiger partial charge is 0.462 e. The fourth-order valence-corrected chi connectivity index (χ4v) is 13.9. The van der Waals surface area contributed by atoms with E-state index in [9.17, 15) is 43.2 Å². The molecule has 0 heterocycles. The van der Waals surface area contributed by atoms with Crippen LogP contribution in [0.5, 0.6) is 0 Å². The van der Waals surface area contributed by atoms with E-state index in [4.69, 9.17) is 37.0 Å². The molecule has 0 aliphatic carbocycles. The van der Waals surface area contributed by atoms with Crippen molar-refractivity contribution >= 4 is 39.5 Å². The number of ether oxygens (including phenoxy) is 4. The second-order valence-corrected chi connectivity index (χ2v) is 32.7. The Morgan fingerprint density at radius 2 is 0.465 bits per heavy atom. The number of aliphatic hydroxyl groups is 1. The number of phosphoric acid groups is 2. The van der Waals surface area contributed by atoms with Gasteiger partial charge in [-0.2, -0.15) is 0 Å². The van der Waals surface area contributed by atoms with Crippen molar-refractivity contribution in [3.63, 3.8) is 0 Å². The fraction of sp³-hybridized carbons (Fsp3) is 0.950. The molecule has 0 bridgehead atoms. The van der Waals surface area contributed by atoms with Gasteiger partial charge in [0.05, 0.1) is 26.4 Å². The molecule has 0 aromatic rings. The highest BCUT2D eigenvalue weighted by molar-refractivity contribution is 7.47. The number of carbonyl (C=O) groups is 4. The lowest BCUT2D eigenvalue weighted by Crippen LogP contribution is -2.30. The van der Waals surface area contributed by atoms with Crippen molar-refractivity contribution in [1.29, 1.82) is 0 Å². The largest absolute Gasteiger partial charge is 0.472 e. The van der Waals surface area contributed by atoms with Crippen molar-refractivity contribution in [2.45, 2.75) is 439 Å². The molecule has 3 N–H and O–H groups in total. The number of aliphatic hydroxyl groups excluding tert-OH is 1. The Kier molecular flexibility index (Phi) is 70.3. The second kappa shape index (κ2) is 71.7. The molecule has 0 radical (unpaired) electrons. The molecule has 2 unspecified atom stereocenters. The summed E-state index contributed by atoms with van der Waals surface area (Å²) < 4.78 is 68.5. The Morgan fingerprint density at radius 1 is 0.273 bits per heavy atom. The summed E-state index contributed by atoms with van der Waals surface area (Å²) in [5.74, 6) is -0.527. The van der Waals surface area contributed by atoms with E-state index in [0.717, 1.165) is 108 Å². The van der Waals surface area contributed by atoms with Gasteiger partial charge in [0.2, 0.25) is 0 Å². The van der Waals surface area contributed by atoms with Gasteiger partial charge in [-0.15, -0.1) is 0 Å². The van der Waals surface area contributed by atoms with Crippen LogP contribution in [0.2, 0.25) is 0 Å². The lowest BCUT2D eigenvalue weighted by atomic mass is 10.0. The van der Waals surface area contributed by atoms with E-state index >= 15 is 0 Å². The molecule has 0 spiro atoms. The molecular formula is C80H156O17P2. The SMILES string of the molecule is CCCCCCCCCCCCCCCCCCCCCCC(=O)O[C@H](COC(=O)CCCCCCCCCCCCCCCCC(C)C)COP(=O)(O)OC[C@@H](O)COP(=O)(O)OC[C@@H](COC(=O)CCCCCCC)OC(=O)CCCCCCCCCCCCCCCCC(C)C. The molecule has 588 valence electrons. The molecule has 0 saturated heterocycles. The Balaban J connectivity index is 5.12. The van der Waals surface area contributed by atoms with Crippen molar-refractivity contribution in [3.05, 3.63) is 0 Å². The number of hydrogen-bond donors (Lipinski definition) is 3. The van der Waals surface area contributed by atoms with Gasteiger partial charge in [0.25, 0.3) is 0 Å². The third-order valence-corrected chi connectivity index (χ3v) is 20.6. The van der Waals surface area contributed by atoms with E-state index in [2.05, 4.69) is 41.5 Å². The lowest BCUT2D eigenvalue weighted by molar-refractivity contribution is -0.161. The molecule has 5 atom stereocenters. The average Bonchev–Trinajstić information content (AvgIpc) is 1.18. The van der Waals surface area contributed by atoms with E-state index in [0.29, 0.717) is 25.7 Å². The first-order valence-corrected chi connectivity index (χ1v) is 44.5. The van der Waals surface area contributed by atoms with Crippen LogP contribution in [0.4, 0.5) is 0 Å². The minimum atomic E-state index is -4.96. The molecule has 0 amide bonds. The third-order valence-electron chi connectivity index (χ3n) is 18.7. The highest BCUT2D eigenvalue weighted by Crippen LogP contribution is 2.45. The molecule has 0 aliphatic heterocycles. The predicted octanol–water partition coefficient (Wildman–Crippen LogP) is 23.9. The fourth-order valence-electron chi connectivity index (χ4n) is 12.4. The molecule has 17 nitrogen and oxygen atoms in total. The number of hydrogen-bond acceptors (Lipinski definition) is 15. The van der Waals surface area contributed by atoms with Crippen LogP contribution >= 0.6 is 15.6 Å². The molecule has 0 fully saturated rings. The minimum absolute atomic E-state index is 0.107. The van der Waals surface area contributed by atoms with Gasteiger partial charge in [-0.05, 0) is 37.5 Å². The van der Waals surface area contributed by atoms with Crippen LogP contribution in [0.25, 0.3) is 0 Å². The number of rotatable bonds is 79. The normalized spacial score (nSPS) is 13.9. The van der Waals surface area contributed by atoms with Gasteiger partial charge in [-0.1, -0.05) is 369 Å². The molecule has 0 rings (SSSR count). The Labute approximate surface area is 607 Å². The van der Waals surface area contributed by atoms with Crippen LogP contribution in [0.1, 0.15) is 420 Å². The van der Waals surface area contributed by atoms with Gasteiger partial charge in [0, 0.05) is 25.7 Å². The zero-order valence-electron chi connectivity index (χ0n) is 64.8. The average molecular weight is 1450 g/mol. The van der Waals surface area contributed by atoms with Crippen LogP contribution in [0.15, 0.2) is 0 Å². The van der Waals surface area contributed by atoms with E-state index in [1.807, 2.05) is 0 Å². The van der Waals surface area contributed by atoms with Crippen molar-refractivity contribution < 1.29 is 80.2 Å². The van der Waals surface area contributed by atoms with Gasteiger partial charge in [0.15, 0.2) is 12.2 Å². The molecule has 0 saturated carbocycles. The van der Waals surface area contributed by atoms with Crippen LogP contribution in [-0.2, 0) is 65.4 Å². The van der Waals surface area contributed by atoms with Crippen molar-refractivity contribution in [1.82, 2.24) is 0 Å². The van der Waals surface area contributed by atoms with Crippen molar-refractivity contribution in [2.24, 2.45) is 11.8 Å². The minimum Gasteiger partial charge on any atom is -0.462 e. The van der Waals surface area contributed by atoms with E-state index in [-0.39, 0.29) is 25.7 Å². The molecule has 99 heavy (non-hydrogen) atoms. The first-order chi connectivity index (χ1) is 47.9. The highest BCUT2D eigenvalue weighted by Gasteiger charge is 2.30. The van der Waals surface area contributed by atoms with Crippen LogP contribution in [-0.4, -0.2) is 96.7 Å². The molecule has 0 aromatic heterocycles. The third kappa shape index (κ3) is 74.1. The zero-order chi connectivity index (χ0) is 72.8. The van der Waals surface area contributed by atoms with Gasteiger partial charge in [0.1, 0.15) is 19.3 Å². The maximum absolute atomic E-state index is 13.1. The van der Waals surface area contributed by atoms with E-state index < -0.39 is 97.5 Å². The first-order valence-electron chi connectivity index (χ1n) is 41.5. The summed E-state index contributed by atoms with van der Waals surface area (Å²) in [6.07, 6.45) is 61.5. The number of carbonyl (C=O) groups excluding carboxylic acids is 4. The standard InChI is InChI=1S/C80H156O17P2/c1-7-9-11-13-14-15-16-17-18-19-20-21-22-23-31-36-41-46-52-59-65-80(85)97-76(69-91-78(83)63-57-51-45-40-35-30-26-24-28-33-38-43-49-54-60-72(3)4)71-95-99(88,89)93-67-74(81)66-92-98(86,87)94-70-75(68-90-77(82)62-56-48-12-10-8-2)96-79(84)64-58-53-47-42-37-32-27-25-29-34-39-44-50-55-61-73(5)6/h72-76,81H,7-71H2,1-6H3,(H,86,87)(H,88,89)/t74-,75+,76+/m0/s1. The molecule has 0 aromatic carbocycles. The van der Waals surface area contributed by atoms with Crippen molar-refractivity contribution in [2.75, 3.05) is 39.6 Å². The molecule has 19 heteroatoms. The maximum atomic E-state index is 13.1. The quantitative estimate of drug-likeness (QED) is 0.0222. The van der Waals surface area contributed by atoms with Gasteiger partial charge < -0.3 is 33.8 Å². The number of phosphoric ester groups is 2. The summed E-state index contributed by atoms with van der Waals surface area (Å²) in [6.45, 7) is 9.58. The number of unbranched alkanes of at least 4 members (excludes halogenated alkanes) is 49. The summed E-state index contributed by atoms with van der Waals surface area (Å²) in [7, 11) is -9.91. The Morgan fingerprint density at radius 3 is 0.687 bits per heavy atom.